The van der Waals surface area contributed by atoms with Crippen LogP contribution >= 0.6 is 0 Å². The van der Waals surface area contributed by atoms with E-state index in [9.17, 15) is 10.1 Å². The number of hydrogen-bond donors (Lipinski definition) is 0. The van der Waals surface area contributed by atoms with Crippen molar-refractivity contribution in [1.82, 2.24) is 9.78 Å². The molecule has 0 radical (unpaired) electrons. The monoisotopic (exact) mass is 462 g/mol. The molecule has 3 saturated heterocycles. The Balaban J connectivity index is 1.43. The molecule has 1 aromatic carbocycles. The number of rotatable bonds is 2. The highest BCUT2D eigenvalue weighted by Gasteiger charge is 2.50. The van der Waals surface area contributed by atoms with E-state index in [0.717, 1.165) is 66.5 Å². The lowest BCUT2D eigenvalue weighted by atomic mass is 9.68. The number of carbonyl (C=O) groups excluding carboxylic acids is 1. The van der Waals surface area contributed by atoms with Gasteiger partial charge in [-0.15, -0.1) is 0 Å². The zero-order valence-corrected chi connectivity index (χ0v) is 19.5. The highest BCUT2D eigenvalue weighted by Crippen LogP contribution is 2.47. The quantitative estimate of drug-likeness (QED) is 0.673. The van der Waals surface area contributed by atoms with E-state index in [1.54, 1.807) is 0 Å². The Morgan fingerprint density at radius 1 is 1.21 bits per heavy atom. The van der Waals surface area contributed by atoms with Crippen molar-refractivity contribution in [2.75, 3.05) is 26.4 Å². The molecule has 4 aliphatic heterocycles. The number of aromatic nitrogens is 2. The van der Waals surface area contributed by atoms with Gasteiger partial charge >= 0.3 is 0 Å². The number of benzene rings is 1. The SMILES string of the molecule is Cc1ccc2c(cnn2C2CCCCO2)c1C1C(C#N)C(=O)N=C2CC3(CCOCC3)OCC21. The first-order valence-electron chi connectivity index (χ1n) is 12.4. The summed E-state index contributed by atoms with van der Waals surface area (Å²) >= 11 is 0. The average Bonchev–Trinajstić information content (AvgIpc) is 3.28. The predicted molar refractivity (Wildman–Crippen MR) is 124 cm³/mol. The highest BCUT2D eigenvalue weighted by molar-refractivity contribution is 6.04. The van der Waals surface area contributed by atoms with E-state index in [1.807, 2.05) is 10.9 Å². The van der Waals surface area contributed by atoms with E-state index in [-0.39, 0.29) is 29.6 Å². The van der Waals surface area contributed by atoms with Crippen LogP contribution in [0, 0.1) is 30.1 Å². The van der Waals surface area contributed by atoms with Crippen LogP contribution in [0.25, 0.3) is 10.9 Å². The van der Waals surface area contributed by atoms with Gasteiger partial charge in [0.15, 0.2) is 6.23 Å². The fraction of sp³-hybridized carbons (Fsp3) is 0.615. The van der Waals surface area contributed by atoms with Crippen LogP contribution in [0.5, 0.6) is 0 Å². The number of amides is 1. The molecule has 2 aromatic rings. The second-order valence-electron chi connectivity index (χ2n) is 10.1. The van der Waals surface area contributed by atoms with Gasteiger partial charge in [0.05, 0.1) is 30.0 Å². The van der Waals surface area contributed by atoms with Crippen molar-refractivity contribution in [3.8, 4) is 6.07 Å². The van der Waals surface area contributed by atoms with Crippen LogP contribution < -0.4 is 0 Å². The molecule has 0 aliphatic carbocycles. The second kappa shape index (κ2) is 8.56. The average molecular weight is 463 g/mol. The molecule has 0 saturated carbocycles. The molecule has 3 fully saturated rings. The summed E-state index contributed by atoms with van der Waals surface area (Å²) < 4.78 is 20.0. The van der Waals surface area contributed by atoms with Crippen LogP contribution in [0.1, 0.15) is 61.8 Å². The molecular weight excluding hydrogens is 432 g/mol. The first kappa shape index (κ1) is 21.9. The summed E-state index contributed by atoms with van der Waals surface area (Å²) in [5.74, 6) is -1.58. The highest BCUT2D eigenvalue weighted by atomic mass is 16.5. The summed E-state index contributed by atoms with van der Waals surface area (Å²) in [6, 6.07) is 6.44. The van der Waals surface area contributed by atoms with Crippen molar-refractivity contribution in [3.05, 3.63) is 29.5 Å². The maximum absolute atomic E-state index is 13.1. The van der Waals surface area contributed by atoms with Crippen LogP contribution in [0.4, 0.5) is 0 Å². The number of aryl methyl sites for hydroxylation is 1. The number of hydrogen-bond acceptors (Lipinski definition) is 6. The van der Waals surface area contributed by atoms with Crippen molar-refractivity contribution >= 4 is 22.5 Å². The molecule has 8 nitrogen and oxygen atoms in total. The number of aliphatic imine (C=N–C) groups is 1. The predicted octanol–water partition coefficient (Wildman–Crippen LogP) is 3.83. The topological polar surface area (TPSA) is 98.7 Å². The molecule has 1 spiro atoms. The van der Waals surface area contributed by atoms with Gasteiger partial charge in [-0.3, -0.25) is 4.79 Å². The Morgan fingerprint density at radius 3 is 2.82 bits per heavy atom. The first-order valence-corrected chi connectivity index (χ1v) is 12.4. The number of fused-ring (bicyclic) bond motifs is 2. The third kappa shape index (κ3) is 3.49. The van der Waals surface area contributed by atoms with Gasteiger partial charge in [-0.1, -0.05) is 6.07 Å². The molecule has 8 heteroatoms. The van der Waals surface area contributed by atoms with Gasteiger partial charge in [-0.25, -0.2) is 9.67 Å². The molecule has 4 aliphatic rings. The molecule has 6 rings (SSSR count). The van der Waals surface area contributed by atoms with E-state index in [1.165, 1.54) is 0 Å². The van der Waals surface area contributed by atoms with Crippen LogP contribution in [-0.4, -0.2) is 53.4 Å². The zero-order valence-electron chi connectivity index (χ0n) is 19.5. The van der Waals surface area contributed by atoms with Gasteiger partial charge in [0.1, 0.15) is 5.92 Å². The third-order valence-electron chi connectivity index (χ3n) is 8.16. The standard InChI is InChI=1S/C26H30N4O4/c1-16-5-6-21-18(14-28-30(21)22-4-2-3-9-33-22)23(16)24-17(13-27)25(31)29-20-12-26(34-15-19(20)24)7-10-32-11-8-26/h5-6,14,17,19,22,24H,2-4,7-12,15H2,1H3. The second-order valence-corrected chi connectivity index (χ2v) is 10.1. The molecule has 5 heterocycles. The van der Waals surface area contributed by atoms with Gasteiger partial charge in [0, 0.05) is 62.0 Å². The van der Waals surface area contributed by atoms with Crippen molar-refractivity contribution in [1.29, 1.82) is 5.26 Å². The minimum Gasteiger partial charge on any atom is -0.381 e. The summed E-state index contributed by atoms with van der Waals surface area (Å²) in [6.45, 7) is 4.58. The zero-order chi connectivity index (χ0) is 23.3. The number of carbonyl (C=O) groups is 1. The van der Waals surface area contributed by atoms with E-state index in [0.29, 0.717) is 26.2 Å². The Labute approximate surface area is 198 Å². The Bertz CT molecular complexity index is 1180. The minimum atomic E-state index is -0.834. The van der Waals surface area contributed by atoms with E-state index >= 15 is 0 Å². The first-order chi connectivity index (χ1) is 16.6. The molecule has 0 bridgehead atoms. The molecule has 4 atom stereocenters. The molecule has 178 valence electrons. The number of nitrogens with zero attached hydrogens (tertiary/aromatic N) is 4. The van der Waals surface area contributed by atoms with Crippen LogP contribution in [0.3, 0.4) is 0 Å². The van der Waals surface area contributed by atoms with Gasteiger partial charge < -0.3 is 14.2 Å². The van der Waals surface area contributed by atoms with Gasteiger partial charge in [-0.05, 0) is 43.4 Å². The van der Waals surface area contributed by atoms with Crippen LogP contribution in [-0.2, 0) is 19.0 Å². The summed E-state index contributed by atoms with van der Waals surface area (Å²) in [5.41, 5.74) is 3.64. The lowest BCUT2D eigenvalue weighted by Gasteiger charge is -2.47. The molecule has 34 heavy (non-hydrogen) atoms. The van der Waals surface area contributed by atoms with Gasteiger partial charge in [-0.2, -0.15) is 10.4 Å². The summed E-state index contributed by atoms with van der Waals surface area (Å²) in [6.07, 6.45) is 7.17. The summed E-state index contributed by atoms with van der Waals surface area (Å²) in [5, 5.41) is 15.8. The van der Waals surface area contributed by atoms with E-state index in [2.05, 4.69) is 30.1 Å². The fourth-order valence-corrected chi connectivity index (χ4v) is 6.31. The van der Waals surface area contributed by atoms with E-state index < -0.39 is 5.92 Å². The van der Waals surface area contributed by atoms with Gasteiger partial charge in [0.25, 0.3) is 5.91 Å². The number of ether oxygens (including phenoxy) is 3. The maximum atomic E-state index is 13.1. The van der Waals surface area contributed by atoms with Crippen molar-refractivity contribution in [2.45, 2.75) is 63.2 Å². The molecule has 0 N–H and O–H groups in total. The maximum Gasteiger partial charge on any atom is 0.263 e. The van der Waals surface area contributed by atoms with Gasteiger partial charge in [0.2, 0.25) is 0 Å². The lowest BCUT2D eigenvalue weighted by Crippen LogP contribution is -2.52. The van der Waals surface area contributed by atoms with Crippen LogP contribution in [0.15, 0.2) is 23.3 Å². The van der Waals surface area contributed by atoms with E-state index in [4.69, 9.17) is 19.3 Å². The van der Waals surface area contributed by atoms with Crippen LogP contribution in [0.2, 0.25) is 0 Å². The Hall–Kier alpha value is -2.60. The fourth-order valence-electron chi connectivity index (χ4n) is 6.31. The largest absolute Gasteiger partial charge is 0.381 e. The minimum absolute atomic E-state index is 0.0786. The lowest BCUT2D eigenvalue weighted by molar-refractivity contribution is -0.131. The molecule has 1 amide bonds. The normalized spacial score (nSPS) is 31.2. The van der Waals surface area contributed by atoms with Crippen molar-refractivity contribution in [2.24, 2.45) is 16.8 Å². The molecule has 4 unspecified atom stereocenters. The van der Waals surface area contributed by atoms with Crippen molar-refractivity contribution in [3.63, 3.8) is 0 Å². The van der Waals surface area contributed by atoms with Crippen molar-refractivity contribution < 1.29 is 19.0 Å². The molecular formula is C26H30N4O4. The summed E-state index contributed by atoms with van der Waals surface area (Å²) in [7, 11) is 0. The Kier molecular flexibility index (Phi) is 5.51. The molecule has 1 aromatic heterocycles. The number of nitriles is 1. The summed E-state index contributed by atoms with van der Waals surface area (Å²) in [4.78, 5) is 17.6. The smallest absolute Gasteiger partial charge is 0.263 e. The Morgan fingerprint density at radius 2 is 2.06 bits per heavy atom. The third-order valence-corrected chi connectivity index (χ3v) is 8.16.